The van der Waals surface area contributed by atoms with Crippen LogP contribution in [0.25, 0.3) is 0 Å². The molecule has 4 nitrogen and oxygen atoms in total. The van der Waals surface area contributed by atoms with Crippen molar-refractivity contribution < 1.29 is 9.90 Å². The van der Waals surface area contributed by atoms with Crippen LogP contribution in [0.4, 0.5) is 0 Å². The van der Waals surface area contributed by atoms with Crippen LogP contribution in [0.5, 0.6) is 0 Å². The monoisotopic (exact) mass is 274 g/mol. The molecule has 0 radical (unpaired) electrons. The summed E-state index contributed by atoms with van der Waals surface area (Å²) in [5.41, 5.74) is 1.28. The van der Waals surface area contributed by atoms with Crippen LogP contribution in [-0.4, -0.2) is 41.7 Å². The maximum Gasteiger partial charge on any atom is 0.336 e. The Labute approximate surface area is 119 Å². The molecule has 20 heavy (non-hydrogen) atoms. The number of hydrogen-bond acceptors (Lipinski definition) is 3. The number of carboxylic acid groups (broad SMARTS) is 1. The highest BCUT2D eigenvalue weighted by Crippen LogP contribution is 2.31. The highest BCUT2D eigenvalue weighted by molar-refractivity contribution is 5.89. The summed E-state index contributed by atoms with van der Waals surface area (Å²) in [6, 6.07) is 8.10. The lowest BCUT2D eigenvalue weighted by molar-refractivity contribution is 0.0695. The highest BCUT2D eigenvalue weighted by atomic mass is 16.4. The van der Waals surface area contributed by atoms with Crippen molar-refractivity contribution in [2.24, 2.45) is 5.92 Å². The molecular weight excluding hydrogens is 252 g/mol. The number of carboxylic acids is 1. The second kappa shape index (κ2) is 5.94. The van der Waals surface area contributed by atoms with Gasteiger partial charge in [-0.1, -0.05) is 18.2 Å². The predicted octanol–water partition coefficient (Wildman–Crippen LogP) is 1.96. The van der Waals surface area contributed by atoms with Gasteiger partial charge >= 0.3 is 5.97 Å². The summed E-state index contributed by atoms with van der Waals surface area (Å²) in [6.45, 7) is 4.07. The van der Waals surface area contributed by atoms with Gasteiger partial charge in [0.15, 0.2) is 0 Å². The minimum Gasteiger partial charge on any atom is -0.478 e. The lowest BCUT2D eigenvalue weighted by atomic mass is 10.1. The molecule has 0 amide bonds. The van der Waals surface area contributed by atoms with Crippen LogP contribution >= 0.6 is 0 Å². The van der Waals surface area contributed by atoms with Crippen LogP contribution in [0.3, 0.4) is 0 Å². The average molecular weight is 274 g/mol. The first-order valence-corrected chi connectivity index (χ1v) is 7.50. The summed E-state index contributed by atoms with van der Waals surface area (Å²) >= 11 is 0. The Morgan fingerprint density at radius 3 is 2.85 bits per heavy atom. The van der Waals surface area contributed by atoms with Crippen LogP contribution < -0.4 is 5.32 Å². The highest BCUT2D eigenvalue weighted by Gasteiger charge is 2.33. The van der Waals surface area contributed by atoms with E-state index in [4.69, 9.17) is 5.11 Å². The summed E-state index contributed by atoms with van der Waals surface area (Å²) in [5.74, 6) is -0.129. The first kappa shape index (κ1) is 13.6. The van der Waals surface area contributed by atoms with Gasteiger partial charge in [-0.05, 0) is 49.9 Å². The van der Waals surface area contributed by atoms with Gasteiger partial charge < -0.3 is 15.3 Å². The van der Waals surface area contributed by atoms with E-state index in [1.165, 1.54) is 32.4 Å². The Balaban J connectivity index is 1.47. The maximum absolute atomic E-state index is 11.1. The fourth-order valence-corrected chi connectivity index (χ4v) is 3.09. The topological polar surface area (TPSA) is 52.6 Å². The molecule has 1 saturated heterocycles. The zero-order valence-electron chi connectivity index (χ0n) is 11.7. The van der Waals surface area contributed by atoms with E-state index in [2.05, 4.69) is 10.2 Å². The molecule has 1 aromatic rings. The Hall–Kier alpha value is -1.39. The zero-order valence-corrected chi connectivity index (χ0v) is 11.7. The number of nitrogens with one attached hydrogen (secondary N) is 1. The van der Waals surface area contributed by atoms with Gasteiger partial charge in [0.05, 0.1) is 5.56 Å². The van der Waals surface area contributed by atoms with Crippen LogP contribution in [0.1, 0.15) is 35.2 Å². The van der Waals surface area contributed by atoms with Crippen molar-refractivity contribution in [3.05, 3.63) is 35.4 Å². The maximum atomic E-state index is 11.1. The minimum absolute atomic E-state index is 0.408. The number of carbonyl (C=O) groups is 1. The Morgan fingerprint density at radius 2 is 2.10 bits per heavy atom. The number of benzene rings is 1. The van der Waals surface area contributed by atoms with Gasteiger partial charge in [-0.3, -0.25) is 0 Å². The first-order chi connectivity index (χ1) is 9.74. The van der Waals surface area contributed by atoms with E-state index in [1.54, 1.807) is 12.1 Å². The molecule has 2 fully saturated rings. The van der Waals surface area contributed by atoms with E-state index in [0.717, 1.165) is 18.2 Å². The van der Waals surface area contributed by atoms with E-state index >= 15 is 0 Å². The molecule has 0 aromatic heterocycles. The molecule has 0 spiro atoms. The third-order valence-corrected chi connectivity index (χ3v) is 4.38. The van der Waals surface area contributed by atoms with Gasteiger partial charge in [0.25, 0.3) is 0 Å². The summed E-state index contributed by atoms with van der Waals surface area (Å²) < 4.78 is 0. The molecule has 3 rings (SSSR count). The number of nitrogens with zero attached hydrogens (tertiary/aromatic N) is 1. The van der Waals surface area contributed by atoms with Crippen LogP contribution in [0.2, 0.25) is 0 Å². The van der Waals surface area contributed by atoms with Gasteiger partial charge in [-0.25, -0.2) is 4.79 Å². The van der Waals surface area contributed by atoms with Crippen molar-refractivity contribution in [2.45, 2.75) is 31.8 Å². The SMILES string of the molecule is O=C(O)c1ccccc1CNCC1CCN(C2CC2)C1. The smallest absolute Gasteiger partial charge is 0.336 e. The fourth-order valence-electron chi connectivity index (χ4n) is 3.09. The average Bonchev–Trinajstić information content (AvgIpc) is 3.19. The van der Waals surface area contributed by atoms with E-state index in [9.17, 15) is 4.79 Å². The number of likely N-dealkylation sites (tertiary alicyclic amines) is 1. The van der Waals surface area contributed by atoms with Crippen molar-refractivity contribution >= 4 is 5.97 Å². The Morgan fingerprint density at radius 1 is 1.30 bits per heavy atom. The molecule has 1 heterocycles. The molecule has 1 atom stereocenters. The van der Waals surface area contributed by atoms with E-state index in [-0.39, 0.29) is 0 Å². The molecule has 1 aliphatic carbocycles. The van der Waals surface area contributed by atoms with Gasteiger partial charge in [-0.15, -0.1) is 0 Å². The molecule has 108 valence electrons. The van der Waals surface area contributed by atoms with Crippen molar-refractivity contribution in [2.75, 3.05) is 19.6 Å². The predicted molar refractivity (Wildman–Crippen MR) is 77.8 cm³/mol. The van der Waals surface area contributed by atoms with Crippen molar-refractivity contribution in [1.29, 1.82) is 0 Å². The van der Waals surface area contributed by atoms with Gasteiger partial charge in [-0.2, -0.15) is 0 Å². The van der Waals surface area contributed by atoms with E-state index < -0.39 is 5.97 Å². The molecule has 1 aromatic carbocycles. The van der Waals surface area contributed by atoms with Crippen LogP contribution in [0.15, 0.2) is 24.3 Å². The number of rotatable bonds is 6. The molecule has 2 aliphatic rings. The largest absolute Gasteiger partial charge is 0.478 e. The summed E-state index contributed by atoms with van der Waals surface area (Å²) in [7, 11) is 0. The fraction of sp³-hybridized carbons (Fsp3) is 0.562. The lowest BCUT2D eigenvalue weighted by Crippen LogP contribution is -2.27. The standard InChI is InChI=1S/C16H22N2O2/c19-16(20)15-4-2-1-3-13(15)10-17-9-12-7-8-18(11-12)14-5-6-14/h1-4,12,14,17H,5-11H2,(H,19,20). The second-order valence-corrected chi connectivity index (χ2v) is 5.97. The number of hydrogen-bond donors (Lipinski definition) is 2. The van der Waals surface area contributed by atoms with Gasteiger partial charge in [0, 0.05) is 19.1 Å². The van der Waals surface area contributed by atoms with Crippen molar-refractivity contribution in [3.8, 4) is 0 Å². The molecule has 1 saturated carbocycles. The third-order valence-electron chi connectivity index (χ3n) is 4.38. The van der Waals surface area contributed by atoms with E-state index in [1.807, 2.05) is 12.1 Å². The van der Waals surface area contributed by atoms with Crippen LogP contribution in [0, 0.1) is 5.92 Å². The molecule has 0 bridgehead atoms. The van der Waals surface area contributed by atoms with Gasteiger partial charge in [0.2, 0.25) is 0 Å². The lowest BCUT2D eigenvalue weighted by Gasteiger charge is -2.15. The summed E-state index contributed by atoms with van der Waals surface area (Å²) in [5, 5.41) is 12.6. The zero-order chi connectivity index (χ0) is 13.9. The van der Waals surface area contributed by atoms with Crippen molar-refractivity contribution in [3.63, 3.8) is 0 Å². The minimum atomic E-state index is -0.844. The van der Waals surface area contributed by atoms with Crippen LogP contribution in [-0.2, 0) is 6.54 Å². The second-order valence-electron chi connectivity index (χ2n) is 5.97. The molecule has 1 aliphatic heterocycles. The summed E-state index contributed by atoms with van der Waals surface area (Å²) in [6.07, 6.45) is 4.03. The summed E-state index contributed by atoms with van der Waals surface area (Å²) in [4.78, 5) is 13.7. The molecule has 1 unspecified atom stereocenters. The molecule has 4 heteroatoms. The molecule has 2 N–H and O–H groups in total. The first-order valence-electron chi connectivity index (χ1n) is 7.50. The van der Waals surface area contributed by atoms with Crippen molar-refractivity contribution in [1.82, 2.24) is 10.2 Å². The Bertz CT molecular complexity index is 485. The van der Waals surface area contributed by atoms with Gasteiger partial charge in [0.1, 0.15) is 0 Å². The normalized spacial score (nSPS) is 23.1. The Kier molecular flexibility index (Phi) is 4.03. The number of aromatic carboxylic acids is 1. The third kappa shape index (κ3) is 3.19. The quantitative estimate of drug-likeness (QED) is 0.832. The molecular formula is C16H22N2O2. The van der Waals surface area contributed by atoms with E-state index in [0.29, 0.717) is 18.0 Å².